The van der Waals surface area contributed by atoms with Crippen LogP contribution in [0, 0.1) is 11.8 Å². The van der Waals surface area contributed by atoms with E-state index in [1.54, 1.807) is 0 Å². The Balaban J connectivity index is 1.44. The summed E-state index contributed by atoms with van der Waals surface area (Å²) in [5, 5.41) is 22.8. The zero-order valence-electron chi connectivity index (χ0n) is 21.1. The molecule has 1 fully saturated rings. The van der Waals surface area contributed by atoms with Gasteiger partial charge in [-0.2, -0.15) is 10.2 Å². The molecule has 1 aliphatic rings. The molecule has 1 saturated carbocycles. The van der Waals surface area contributed by atoms with Crippen molar-refractivity contribution in [1.29, 1.82) is 0 Å². The van der Waals surface area contributed by atoms with Crippen LogP contribution in [0.15, 0.2) is 68.9 Å². The molecule has 0 spiro atoms. The number of hydrogen-bond donors (Lipinski definition) is 6. The van der Waals surface area contributed by atoms with E-state index in [-0.39, 0.29) is 11.9 Å². The van der Waals surface area contributed by atoms with Gasteiger partial charge in [-0.15, -0.1) is 10.2 Å². The summed E-state index contributed by atoms with van der Waals surface area (Å²) in [4.78, 5) is 0. The molecule has 0 aliphatic heterocycles. The molecule has 192 valence electrons. The second-order valence-electron chi connectivity index (χ2n) is 9.23. The zero-order valence-corrected chi connectivity index (χ0v) is 21.1. The lowest BCUT2D eigenvalue weighted by Crippen LogP contribution is -2.25. The van der Waals surface area contributed by atoms with Crippen molar-refractivity contribution in [3.63, 3.8) is 0 Å². The van der Waals surface area contributed by atoms with Gasteiger partial charge >= 0.3 is 0 Å². The highest BCUT2D eigenvalue weighted by Gasteiger charge is 2.21. The van der Waals surface area contributed by atoms with E-state index in [9.17, 15) is 0 Å². The molecule has 2 aromatic carbocycles. The summed E-state index contributed by atoms with van der Waals surface area (Å²) in [7, 11) is 0. The van der Waals surface area contributed by atoms with Crippen LogP contribution in [-0.2, 0) is 0 Å². The second-order valence-corrected chi connectivity index (χ2v) is 9.23. The summed E-state index contributed by atoms with van der Waals surface area (Å²) in [6.07, 6.45) is 4.87. The SMILES string of the molecule is C/C(=N\N=C(N)N)c1cccc(NCC2CCC(CNc3cccc(/C(C)=N/N=C(N)N)c3)CC2)c1. The van der Waals surface area contributed by atoms with Gasteiger partial charge in [-0.25, -0.2) is 0 Å². The third-order valence-electron chi connectivity index (χ3n) is 6.35. The van der Waals surface area contributed by atoms with E-state index in [1.807, 2.05) is 38.1 Å². The molecule has 36 heavy (non-hydrogen) atoms. The molecular formula is C26H38N10. The van der Waals surface area contributed by atoms with Crippen LogP contribution in [0.3, 0.4) is 0 Å². The van der Waals surface area contributed by atoms with Gasteiger partial charge in [0.15, 0.2) is 0 Å². The summed E-state index contributed by atoms with van der Waals surface area (Å²) < 4.78 is 0. The van der Waals surface area contributed by atoms with Gasteiger partial charge in [0.1, 0.15) is 0 Å². The number of nitrogens with two attached hydrogens (primary N) is 4. The molecule has 0 saturated heterocycles. The van der Waals surface area contributed by atoms with E-state index in [0.29, 0.717) is 11.8 Å². The first-order chi connectivity index (χ1) is 17.3. The first-order valence-corrected chi connectivity index (χ1v) is 12.2. The summed E-state index contributed by atoms with van der Waals surface area (Å²) >= 11 is 0. The zero-order chi connectivity index (χ0) is 25.9. The standard InChI is InChI=1S/C26H38N10/c1-17(33-35-25(27)28)21-5-3-7-23(13-21)31-15-19-9-11-20(12-10-19)16-32-24-8-4-6-22(14-24)18(2)34-36-26(29)30/h3-8,13-14,19-20,31-32H,9-12,15-16H2,1-2H3,(H4,27,28,35)(H4,29,30,36)/b33-17+,34-18+. The van der Waals surface area contributed by atoms with Crippen molar-refractivity contribution in [2.45, 2.75) is 39.5 Å². The Kier molecular flexibility index (Phi) is 9.67. The summed E-state index contributed by atoms with van der Waals surface area (Å²) in [5.41, 5.74) is 27.1. The Bertz CT molecular complexity index is 1030. The molecule has 0 amide bonds. The second kappa shape index (κ2) is 13.1. The summed E-state index contributed by atoms with van der Waals surface area (Å²) in [5.74, 6) is 1.23. The van der Waals surface area contributed by atoms with Gasteiger partial charge in [-0.1, -0.05) is 24.3 Å². The topological polar surface area (TPSA) is 178 Å². The number of benzene rings is 2. The van der Waals surface area contributed by atoms with Crippen molar-refractivity contribution in [2.75, 3.05) is 23.7 Å². The number of rotatable bonds is 10. The highest BCUT2D eigenvalue weighted by Crippen LogP contribution is 2.29. The summed E-state index contributed by atoms with van der Waals surface area (Å²) in [6.45, 7) is 5.70. The molecule has 0 radical (unpaired) electrons. The molecule has 0 heterocycles. The van der Waals surface area contributed by atoms with Crippen molar-refractivity contribution in [1.82, 2.24) is 0 Å². The van der Waals surface area contributed by atoms with Crippen molar-refractivity contribution in [3.8, 4) is 0 Å². The maximum Gasteiger partial charge on any atom is 0.211 e. The molecule has 10 N–H and O–H groups in total. The van der Waals surface area contributed by atoms with Crippen LogP contribution in [0.1, 0.15) is 50.7 Å². The minimum Gasteiger partial charge on any atom is -0.385 e. The number of guanidine groups is 2. The third kappa shape index (κ3) is 8.61. The van der Waals surface area contributed by atoms with Crippen LogP contribution in [0.25, 0.3) is 0 Å². The number of nitrogens with zero attached hydrogens (tertiary/aromatic N) is 4. The highest BCUT2D eigenvalue weighted by atomic mass is 15.3. The average molecular weight is 491 g/mol. The van der Waals surface area contributed by atoms with Crippen LogP contribution in [0.4, 0.5) is 11.4 Å². The predicted molar refractivity (Wildman–Crippen MR) is 151 cm³/mol. The molecule has 0 atom stereocenters. The molecule has 10 heteroatoms. The van der Waals surface area contributed by atoms with Gasteiger partial charge in [0.05, 0.1) is 11.4 Å². The van der Waals surface area contributed by atoms with Crippen LogP contribution in [0.5, 0.6) is 0 Å². The minimum absolute atomic E-state index is 0.0491. The van der Waals surface area contributed by atoms with Gasteiger partial charge in [0.25, 0.3) is 0 Å². The van der Waals surface area contributed by atoms with E-state index < -0.39 is 0 Å². The van der Waals surface area contributed by atoms with Crippen molar-refractivity contribution < 1.29 is 0 Å². The van der Waals surface area contributed by atoms with Crippen molar-refractivity contribution in [3.05, 3.63) is 59.7 Å². The fourth-order valence-electron chi connectivity index (χ4n) is 4.25. The van der Waals surface area contributed by atoms with Gasteiger partial charge in [-0.05, 0) is 86.8 Å². The Morgan fingerprint density at radius 2 is 1.06 bits per heavy atom. The van der Waals surface area contributed by atoms with Crippen molar-refractivity contribution in [2.24, 2.45) is 55.2 Å². The Labute approximate surface area is 213 Å². The lowest BCUT2D eigenvalue weighted by atomic mass is 9.82. The van der Waals surface area contributed by atoms with E-state index in [0.717, 1.165) is 47.0 Å². The third-order valence-corrected chi connectivity index (χ3v) is 6.35. The normalized spacial score (nSPS) is 18.3. The molecule has 1 aliphatic carbocycles. The highest BCUT2D eigenvalue weighted by molar-refractivity contribution is 6.00. The smallest absolute Gasteiger partial charge is 0.211 e. The number of hydrogen-bond acceptors (Lipinski definition) is 6. The fourth-order valence-corrected chi connectivity index (χ4v) is 4.25. The lowest BCUT2D eigenvalue weighted by Gasteiger charge is -2.29. The number of anilines is 2. The minimum atomic E-state index is -0.0491. The Hall–Kier alpha value is -4.08. The molecule has 3 rings (SSSR count). The van der Waals surface area contributed by atoms with Crippen molar-refractivity contribution >= 4 is 34.7 Å². The van der Waals surface area contributed by atoms with Gasteiger partial charge < -0.3 is 33.6 Å². The number of nitrogens with one attached hydrogen (secondary N) is 2. The maximum atomic E-state index is 5.36. The van der Waals surface area contributed by atoms with Crippen LogP contribution in [0.2, 0.25) is 0 Å². The molecule has 10 nitrogen and oxygen atoms in total. The monoisotopic (exact) mass is 490 g/mol. The van der Waals surface area contributed by atoms with Gasteiger partial charge in [0.2, 0.25) is 11.9 Å². The van der Waals surface area contributed by atoms with Gasteiger partial charge in [-0.3, -0.25) is 0 Å². The molecular weight excluding hydrogens is 452 g/mol. The first kappa shape index (κ1) is 26.5. The van der Waals surface area contributed by atoms with E-state index in [1.165, 1.54) is 25.7 Å². The molecule has 2 aromatic rings. The van der Waals surface area contributed by atoms with Crippen LogP contribution >= 0.6 is 0 Å². The van der Waals surface area contributed by atoms with Gasteiger partial charge in [0, 0.05) is 24.5 Å². The summed E-state index contributed by atoms with van der Waals surface area (Å²) in [6, 6.07) is 16.3. The molecule has 0 bridgehead atoms. The average Bonchev–Trinajstić information content (AvgIpc) is 2.88. The Morgan fingerprint density at radius 1 is 0.667 bits per heavy atom. The maximum absolute atomic E-state index is 5.36. The largest absolute Gasteiger partial charge is 0.385 e. The quantitative estimate of drug-likeness (QED) is 0.169. The van der Waals surface area contributed by atoms with E-state index >= 15 is 0 Å². The van der Waals surface area contributed by atoms with Crippen LogP contribution in [-0.4, -0.2) is 36.4 Å². The predicted octanol–water partition coefficient (Wildman–Crippen LogP) is 3.01. The molecule has 0 unspecified atom stereocenters. The van der Waals surface area contributed by atoms with E-state index in [4.69, 9.17) is 22.9 Å². The first-order valence-electron chi connectivity index (χ1n) is 12.2. The van der Waals surface area contributed by atoms with E-state index in [2.05, 4.69) is 55.3 Å². The van der Waals surface area contributed by atoms with Crippen LogP contribution < -0.4 is 33.6 Å². The Morgan fingerprint density at radius 3 is 1.42 bits per heavy atom. The molecule has 0 aromatic heterocycles. The fraction of sp³-hybridized carbons (Fsp3) is 0.385. The lowest BCUT2D eigenvalue weighted by molar-refractivity contribution is 0.293.